The summed E-state index contributed by atoms with van der Waals surface area (Å²) in [6.07, 6.45) is -3.65. The molecule has 0 spiro atoms. The maximum atomic E-state index is 13.0. The fourth-order valence-electron chi connectivity index (χ4n) is 3.76. The van der Waals surface area contributed by atoms with Crippen LogP contribution in [-0.2, 0) is 12.7 Å². The standard InChI is InChI=1S/C25H21ClF3N3O2/c26-20-4-1-3-17(15-20)16-31-13-2-14-32(24(31)34)22-11-9-21(10-12-22)30-23(33)18-5-7-19(8-6-18)25(27,28)29/h1,3-12,15H,2,13-14,16H2,(H,30,33). The van der Waals surface area contributed by atoms with Crippen molar-refractivity contribution in [2.24, 2.45) is 0 Å². The van der Waals surface area contributed by atoms with E-state index >= 15 is 0 Å². The summed E-state index contributed by atoms with van der Waals surface area (Å²) in [5.41, 5.74) is 1.40. The van der Waals surface area contributed by atoms with Gasteiger partial charge in [-0.1, -0.05) is 23.7 Å². The maximum absolute atomic E-state index is 13.0. The van der Waals surface area contributed by atoms with E-state index in [-0.39, 0.29) is 11.6 Å². The van der Waals surface area contributed by atoms with E-state index in [0.29, 0.717) is 36.0 Å². The monoisotopic (exact) mass is 487 g/mol. The second-order valence-electron chi connectivity index (χ2n) is 7.92. The number of rotatable bonds is 5. The molecule has 1 fully saturated rings. The number of alkyl halides is 3. The predicted molar refractivity (Wildman–Crippen MR) is 125 cm³/mol. The molecular formula is C25H21ClF3N3O2. The number of anilines is 2. The molecule has 0 saturated carbocycles. The molecule has 1 saturated heterocycles. The third kappa shape index (κ3) is 5.51. The van der Waals surface area contributed by atoms with Crippen molar-refractivity contribution >= 4 is 34.9 Å². The SMILES string of the molecule is O=C(Nc1ccc(N2CCCN(Cc3cccc(Cl)c3)C2=O)cc1)c1ccc(C(F)(F)F)cc1. The van der Waals surface area contributed by atoms with Gasteiger partial charge < -0.3 is 10.2 Å². The Bertz CT molecular complexity index is 1180. The quantitative estimate of drug-likeness (QED) is 0.450. The number of hydrogen-bond acceptors (Lipinski definition) is 2. The lowest BCUT2D eigenvalue weighted by atomic mass is 10.1. The predicted octanol–water partition coefficient (Wildman–Crippen LogP) is 6.44. The van der Waals surface area contributed by atoms with Crippen LogP contribution in [0.1, 0.15) is 27.9 Å². The molecule has 3 amide bonds. The number of urea groups is 1. The molecular weight excluding hydrogens is 467 g/mol. The molecule has 9 heteroatoms. The minimum atomic E-state index is -4.46. The summed E-state index contributed by atoms with van der Waals surface area (Å²) in [6, 6.07) is 18.0. The molecule has 0 bridgehead atoms. The highest BCUT2D eigenvalue weighted by atomic mass is 35.5. The summed E-state index contributed by atoms with van der Waals surface area (Å²) < 4.78 is 38.1. The van der Waals surface area contributed by atoms with Crippen LogP contribution in [-0.4, -0.2) is 29.9 Å². The van der Waals surface area contributed by atoms with Crippen LogP contribution in [0.5, 0.6) is 0 Å². The first-order valence-corrected chi connectivity index (χ1v) is 11.0. The Morgan fingerprint density at radius 3 is 2.32 bits per heavy atom. The molecule has 1 heterocycles. The molecule has 0 radical (unpaired) electrons. The lowest BCUT2D eigenvalue weighted by Gasteiger charge is -2.35. The van der Waals surface area contributed by atoms with Crippen molar-refractivity contribution in [3.63, 3.8) is 0 Å². The Balaban J connectivity index is 1.40. The summed E-state index contributed by atoms with van der Waals surface area (Å²) >= 11 is 6.05. The summed E-state index contributed by atoms with van der Waals surface area (Å²) in [5.74, 6) is -0.525. The van der Waals surface area contributed by atoms with E-state index in [2.05, 4.69) is 5.32 Å². The van der Waals surface area contributed by atoms with Gasteiger partial charge in [0.15, 0.2) is 0 Å². The fraction of sp³-hybridized carbons (Fsp3) is 0.200. The van der Waals surface area contributed by atoms with Gasteiger partial charge in [0.1, 0.15) is 0 Å². The molecule has 1 aliphatic rings. The van der Waals surface area contributed by atoms with E-state index in [9.17, 15) is 22.8 Å². The smallest absolute Gasteiger partial charge is 0.322 e. The van der Waals surface area contributed by atoms with Crippen molar-refractivity contribution in [1.82, 2.24) is 4.90 Å². The Morgan fingerprint density at radius 1 is 0.971 bits per heavy atom. The Hall–Kier alpha value is -3.52. The Labute approximate surface area is 199 Å². The van der Waals surface area contributed by atoms with E-state index in [1.54, 1.807) is 40.1 Å². The number of nitrogens with zero attached hydrogens (tertiary/aromatic N) is 2. The van der Waals surface area contributed by atoms with Gasteiger partial charge in [-0.25, -0.2) is 4.79 Å². The van der Waals surface area contributed by atoms with E-state index in [1.165, 1.54) is 0 Å². The molecule has 1 aliphatic heterocycles. The third-order valence-electron chi connectivity index (χ3n) is 5.48. The van der Waals surface area contributed by atoms with E-state index in [1.807, 2.05) is 18.2 Å². The first-order valence-electron chi connectivity index (χ1n) is 10.6. The van der Waals surface area contributed by atoms with Crippen LogP contribution in [0.2, 0.25) is 5.02 Å². The average molecular weight is 488 g/mol. The van der Waals surface area contributed by atoms with Gasteiger partial charge in [0.05, 0.1) is 5.56 Å². The zero-order valence-corrected chi connectivity index (χ0v) is 18.7. The average Bonchev–Trinajstić information content (AvgIpc) is 2.81. The summed E-state index contributed by atoms with van der Waals surface area (Å²) in [4.78, 5) is 28.8. The van der Waals surface area contributed by atoms with Gasteiger partial charge in [0.25, 0.3) is 5.91 Å². The van der Waals surface area contributed by atoms with Gasteiger partial charge in [0, 0.05) is 41.6 Å². The first-order chi connectivity index (χ1) is 16.2. The molecule has 0 unspecified atom stereocenters. The maximum Gasteiger partial charge on any atom is 0.416 e. The number of benzene rings is 3. The lowest BCUT2D eigenvalue weighted by Crippen LogP contribution is -2.49. The Kier molecular flexibility index (Phi) is 6.79. The molecule has 0 atom stereocenters. The molecule has 3 aromatic rings. The van der Waals surface area contributed by atoms with Crippen LogP contribution in [0.3, 0.4) is 0 Å². The van der Waals surface area contributed by atoms with Crippen molar-refractivity contribution < 1.29 is 22.8 Å². The van der Waals surface area contributed by atoms with Crippen LogP contribution in [0.4, 0.5) is 29.3 Å². The van der Waals surface area contributed by atoms with Crippen molar-refractivity contribution in [2.45, 2.75) is 19.1 Å². The van der Waals surface area contributed by atoms with Gasteiger partial charge in [-0.3, -0.25) is 9.69 Å². The molecule has 5 nitrogen and oxygen atoms in total. The summed E-state index contributed by atoms with van der Waals surface area (Å²) in [7, 11) is 0. The highest BCUT2D eigenvalue weighted by molar-refractivity contribution is 6.30. The zero-order chi connectivity index (χ0) is 24.3. The summed E-state index contributed by atoms with van der Waals surface area (Å²) in [5, 5.41) is 3.28. The van der Waals surface area contributed by atoms with Gasteiger partial charge in [-0.2, -0.15) is 13.2 Å². The van der Waals surface area contributed by atoms with Gasteiger partial charge >= 0.3 is 12.2 Å². The molecule has 0 aromatic heterocycles. The van der Waals surface area contributed by atoms with Crippen molar-refractivity contribution in [3.8, 4) is 0 Å². The third-order valence-corrected chi connectivity index (χ3v) is 5.72. The molecule has 34 heavy (non-hydrogen) atoms. The second kappa shape index (κ2) is 9.77. The molecule has 176 valence electrons. The van der Waals surface area contributed by atoms with Gasteiger partial charge in [0.2, 0.25) is 0 Å². The number of carbonyl (C=O) groups is 2. The van der Waals surface area contributed by atoms with E-state index in [4.69, 9.17) is 11.6 Å². The van der Waals surface area contributed by atoms with Crippen LogP contribution < -0.4 is 10.2 Å². The fourth-order valence-corrected chi connectivity index (χ4v) is 3.98. The number of hydrogen-bond donors (Lipinski definition) is 1. The van der Waals surface area contributed by atoms with Crippen molar-refractivity contribution in [1.29, 1.82) is 0 Å². The van der Waals surface area contributed by atoms with Gasteiger partial charge in [-0.05, 0) is 72.6 Å². The first kappa shape index (κ1) is 23.6. The van der Waals surface area contributed by atoms with Crippen LogP contribution in [0.15, 0.2) is 72.8 Å². The normalized spacial score (nSPS) is 14.3. The zero-order valence-electron chi connectivity index (χ0n) is 18.0. The Morgan fingerprint density at radius 2 is 1.68 bits per heavy atom. The highest BCUT2D eigenvalue weighted by Crippen LogP contribution is 2.29. The number of amides is 3. The van der Waals surface area contributed by atoms with E-state index in [0.717, 1.165) is 36.2 Å². The lowest BCUT2D eigenvalue weighted by molar-refractivity contribution is -0.137. The minimum absolute atomic E-state index is 0.111. The summed E-state index contributed by atoms with van der Waals surface area (Å²) in [6.45, 7) is 1.67. The second-order valence-corrected chi connectivity index (χ2v) is 8.35. The largest absolute Gasteiger partial charge is 0.416 e. The highest BCUT2D eigenvalue weighted by Gasteiger charge is 2.30. The number of nitrogens with one attached hydrogen (secondary N) is 1. The van der Waals surface area contributed by atoms with Crippen LogP contribution in [0.25, 0.3) is 0 Å². The van der Waals surface area contributed by atoms with E-state index < -0.39 is 17.6 Å². The van der Waals surface area contributed by atoms with Crippen LogP contribution in [0, 0.1) is 0 Å². The molecule has 3 aromatic carbocycles. The van der Waals surface area contributed by atoms with Crippen molar-refractivity contribution in [2.75, 3.05) is 23.3 Å². The topological polar surface area (TPSA) is 52.7 Å². The minimum Gasteiger partial charge on any atom is -0.322 e. The van der Waals surface area contributed by atoms with Gasteiger partial charge in [-0.15, -0.1) is 0 Å². The van der Waals surface area contributed by atoms with Crippen molar-refractivity contribution in [3.05, 3.63) is 94.5 Å². The molecule has 1 N–H and O–H groups in total. The number of carbonyl (C=O) groups excluding carboxylic acids is 2. The number of halogens is 4. The molecule has 4 rings (SSSR count). The molecule has 0 aliphatic carbocycles. The van der Waals surface area contributed by atoms with Crippen LogP contribution >= 0.6 is 11.6 Å².